The largest absolute Gasteiger partial charge is 0.493 e. The molecule has 158 valence electrons. The molecule has 2 unspecified atom stereocenters. The highest BCUT2D eigenvalue weighted by Crippen LogP contribution is 2.49. The van der Waals surface area contributed by atoms with Crippen LogP contribution >= 0.6 is 0 Å². The Bertz CT molecular complexity index is 984. The Morgan fingerprint density at radius 2 is 1.93 bits per heavy atom. The summed E-state index contributed by atoms with van der Waals surface area (Å²) in [6, 6.07) is 5.24. The van der Waals surface area contributed by atoms with Crippen LogP contribution in [0.3, 0.4) is 0 Å². The number of rotatable bonds is 4. The number of Topliss-reactive ketones (excluding diaryl/α,β-unsaturated/α-hetero) is 4. The second-order valence-corrected chi connectivity index (χ2v) is 8.38. The molecule has 0 saturated heterocycles. The number of hydrogen-bond acceptors (Lipinski definition) is 7. The first kappa shape index (κ1) is 20.4. The van der Waals surface area contributed by atoms with Gasteiger partial charge in [-0.25, -0.2) is 0 Å². The molecule has 1 aromatic carbocycles. The maximum Gasteiger partial charge on any atom is 0.235 e. The highest BCUT2D eigenvalue weighted by atomic mass is 16.5. The molecule has 1 amide bonds. The SMILES string of the molecule is CCCOc1cccc2c1C(=O)C1C(=O)[C@]3(O)C(=O)C(C(N)=O)C(=O)C[C@@H]3C[C@@H]1C2. The van der Waals surface area contributed by atoms with Crippen molar-refractivity contribution >= 4 is 29.0 Å². The van der Waals surface area contributed by atoms with Gasteiger partial charge >= 0.3 is 0 Å². The van der Waals surface area contributed by atoms with Crippen LogP contribution in [0.4, 0.5) is 0 Å². The number of benzene rings is 1. The van der Waals surface area contributed by atoms with E-state index in [0.717, 1.165) is 12.0 Å². The van der Waals surface area contributed by atoms with Crippen molar-refractivity contribution in [2.24, 2.45) is 29.4 Å². The van der Waals surface area contributed by atoms with Crippen LogP contribution in [0.15, 0.2) is 18.2 Å². The second kappa shape index (κ2) is 7.12. The number of ether oxygens (including phenoxy) is 1. The van der Waals surface area contributed by atoms with Gasteiger partial charge in [-0.1, -0.05) is 19.1 Å². The van der Waals surface area contributed by atoms with Gasteiger partial charge in [0, 0.05) is 12.3 Å². The van der Waals surface area contributed by atoms with Crippen molar-refractivity contribution in [3.63, 3.8) is 0 Å². The van der Waals surface area contributed by atoms with Gasteiger partial charge in [0.2, 0.25) is 5.91 Å². The summed E-state index contributed by atoms with van der Waals surface area (Å²) in [6.07, 6.45) is 0.989. The summed E-state index contributed by atoms with van der Waals surface area (Å²) < 4.78 is 5.69. The maximum atomic E-state index is 13.4. The number of hydrogen-bond donors (Lipinski definition) is 2. The van der Waals surface area contributed by atoms with Crippen molar-refractivity contribution in [2.45, 2.75) is 38.2 Å². The zero-order valence-corrected chi connectivity index (χ0v) is 16.6. The normalized spacial score (nSPS) is 32.9. The Morgan fingerprint density at radius 1 is 1.20 bits per heavy atom. The van der Waals surface area contributed by atoms with Gasteiger partial charge in [-0.05, 0) is 36.8 Å². The number of nitrogens with two attached hydrogens (primary N) is 1. The van der Waals surface area contributed by atoms with E-state index in [1.54, 1.807) is 18.2 Å². The lowest BCUT2D eigenvalue weighted by atomic mass is 9.54. The van der Waals surface area contributed by atoms with Gasteiger partial charge in [-0.2, -0.15) is 0 Å². The summed E-state index contributed by atoms with van der Waals surface area (Å²) in [5.41, 5.74) is 3.67. The van der Waals surface area contributed by atoms with E-state index in [-0.39, 0.29) is 12.8 Å². The Hall–Kier alpha value is -2.87. The molecule has 8 heteroatoms. The van der Waals surface area contributed by atoms with Gasteiger partial charge < -0.3 is 15.6 Å². The van der Waals surface area contributed by atoms with Crippen LogP contribution in [-0.4, -0.2) is 46.4 Å². The maximum absolute atomic E-state index is 13.4. The zero-order chi connectivity index (χ0) is 21.8. The van der Waals surface area contributed by atoms with E-state index < -0.39 is 58.3 Å². The predicted octanol–water partition coefficient (Wildman–Crippen LogP) is 0.410. The monoisotopic (exact) mass is 413 g/mol. The molecule has 1 aromatic rings. The number of aliphatic hydroxyl groups is 1. The number of fused-ring (bicyclic) bond motifs is 3. The summed E-state index contributed by atoms with van der Waals surface area (Å²) in [5.74, 6) is -8.62. The van der Waals surface area contributed by atoms with Gasteiger partial charge in [0.1, 0.15) is 5.75 Å². The minimum Gasteiger partial charge on any atom is -0.493 e. The van der Waals surface area contributed by atoms with Crippen LogP contribution in [0.5, 0.6) is 5.75 Å². The molecule has 3 aliphatic rings. The molecule has 0 radical (unpaired) electrons. The van der Waals surface area contributed by atoms with E-state index in [1.165, 1.54) is 0 Å². The van der Waals surface area contributed by atoms with Crippen molar-refractivity contribution in [1.82, 2.24) is 0 Å². The molecular weight excluding hydrogens is 390 g/mol. The number of carbonyl (C=O) groups is 5. The van der Waals surface area contributed by atoms with E-state index in [1.807, 2.05) is 6.92 Å². The minimum atomic E-state index is -2.55. The number of primary amides is 1. The fraction of sp³-hybridized carbons (Fsp3) is 0.500. The molecule has 0 aromatic heterocycles. The quantitative estimate of drug-likeness (QED) is 0.681. The lowest BCUT2D eigenvalue weighted by Crippen LogP contribution is -2.68. The van der Waals surface area contributed by atoms with Gasteiger partial charge in [0.05, 0.1) is 18.1 Å². The number of amides is 1. The molecule has 4 rings (SSSR count). The number of ketones is 4. The van der Waals surface area contributed by atoms with Crippen molar-refractivity contribution < 1.29 is 33.8 Å². The van der Waals surface area contributed by atoms with Crippen molar-refractivity contribution in [2.75, 3.05) is 6.61 Å². The summed E-state index contributed by atoms with van der Waals surface area (Å²) in [5, 5.41) is 11.1. The topological polar surface area (TPSA) is 141 Å². The highest BCUT2D eigenvalue weighted by Gasteiger charge is 2.65. The van der Waals surface area contributed by atoms with E-state index >= 15 is 0 Å². The van der Waals surface area contributed by atoms with Crippen molar-refractivity contribution in [3.05, 3.63) is 29.3 Å². The smallest absolute Gasteiger partial charge is 0.235 e. The molecule has 30 heavy (non-hydrogen) atoms. The van der Waals surface area contributed by atoms with Crippen LogP contribution in [0.1, 0.15) is 42.1 Å². The highest BCUT2D eigenvalue weighted by molar-refractivity contribution is 6.31. The summed E-state index contributed by atoms with van der Waals surface area (Å²) in [6.45, 7) is 2.33. The van der Waals surface area contributed by atoms with Crippen molar-refractivity contribution in [1.29, 1.82) is 0 Å². The molecule has 2 fully saturated rings. The Kier molecular flexibility index (Phi) is 4.85. The summed E-state index contributed by atoms with van der Waals surface area (Å²) in [7, 11) is 0. The average molecular weight is 413 g/mol. The lowest BCUT2D eigenvalue weighted by Gasteiger charge is -2.48. The molecule has 5 atom stereocenters. The molecule has 3 aliphatic carbocycles. The van der Waals surface area contributed by atoms with E-state index in [0.29, 0.717) is 24.3 Å². The second-order valence-electron chi connectivity index (χ2n) is 8.38. The first-order chi connectivity index (χ1) is 14.2. The average Bonchev–Trinajstić information content (AvgIpc) is 2.68. The van der Waals surface area contributed by atoms with Crippen LogP contribution in [0.25, 0.3) is 0 Å². The molecule has 0 spiro atoms. The molecule has 2 saturated carbocycles. The first-order valence-electron chi connectivity index (χ1n) is 10.1. The molecule has 3 N–H and O–H groups in total. The fourth-order valence-corrected chi connectivity index (χ4v) is 5.22. The Balaban J connectivity index is 1.76. The van der Waals surface area contributed by atoms with Gasteiger partial charge in [0.15, 0.2) is 34.7 Å². The van der Waals surface area contributed by atoms with Crippen LogP contribution in [-0.2, 0) is 25.6 Å². The summed E-state index contributed by atoms with van der Waals surface area (Å²) in [4.78, 5) is 63.5. The lowest BCUT2D eigenvalue weighted by molar-refractivity contribution is -0.175. The molecule has 0 bridgehead atoms. The van der Waals surface area contributed by atoms with Gasteiger partial charge in [0.25, 0.3) is 0 Å². The van der Waals surface area contributed by atoms with E-state index in [9.17, 15) is 29.1 Å². The third-order valence-corrected chi connectivity index (χ3v) is 6.58. The molecular formula is C22H23NO7. The number of carbonyl (C=O) groups excluding carboxylic acids is 5. The Labute approximate surface area is 172 Å². The van der Waals surface area contributed by atoms with Crippen molar-refractivity contribution in [3.8, 4) is 5.75 Å². The minimum absolute atomic E-state index is 0.154. The molecule has 8 nitrogen and oxygen atoms in total. The molecule has 0 aliphatic heterocycles. The summed E-state index contributed by atoms with van der Waals surface area (Å²) >= 11 is 0. The standard InChI is InChI=1S/C22H23NO7/c1-2-6-30-14-5-3-4-10-7-11-8-12-9-13(24)17(21(23)28)20(27)22(12,29)19(26)16(11)18(25)15(10)14/h3-5,11-12,16-17,29H,2,6-9H2,1H3,(H2,23,28)/t11-,12-,16?,17?,22-/m0/s1. The fourth-order valence-electron chi connectivity index (χ4n) is 5.22. The Morgan fingerprint density at radius 3 is 2.60 bits per heavy atom. The molecule has 0 heterocycles. The zero-order valence-electron chi connectivity index (χ0n) is 16.6. The van der Waals surface area contributed by atoms with Gasteiger partial charge in [-0.15, -0.1) is 0 Å². The third kappa shape index (κ3) is 2.74. The van der Waals surface area contributed by atoms with Gasteiger partial charge in [-0.3, -0.25) is 24.0 Å². The van der Waals surface area contributed by atoms with E-state index in [2.05, 4.69) is 0 Å². The third-order valence-electron chi connectivity index (χ3n) is 6.58. The predicted molar refractivity (Wildman–Crippen MR) is 103 cm³/mol. The van der Waals surface area contributed by atoms with E-state index in [4.69, 9.17) is 10.5 Å². The first-order valence-corrected chi connectivity index (χ1v) is 10.1. The van der Waals surface area contributed by atoms with Crippen LogP contribution in [0, 0.1) is 23.7 Å². The van der Waals surface area contributed by atoms with Crippen LogP contribution < -0.4 is 10.5 Å². The van der Waals surface area contributed by atoms with Crippen LogP contribution in [0.2, 0.25) is 0 Å².